The van der Waals surface area contributed by atoms with Gasteiger partial charge in [-0.05, 0) is 52.4 Å². The van der Waals surface area contributed by atoms with E-state index in [0.29, 0.717) is 23.8 Å². The first kappa shape index (κ1) is 21.7. The maximum atomic E-state index is 12.4. The van der Waals surface area contributed by atoms with Crippen LogP contribution in [-0.2, 0) is 11.3 Å². The average Bonchev–Trinajstić information content (AvgIpc) is 2.86. The molecular formula is C26H24N2O3S. The van der Waals surface area contributed by atoms with Crippen LogP contribution in [0.4, 0.5) is 0 Å². The number of thioether (sulfide) groups is 1. The maximum Gasteiger partial charge on any atom is 0.230 e. The molecule has 32 heavy (non-hydrogen) atoms. The molecule has 0 bridgehead atoms. The second kappa shape index (κ2) is 10.2. The van der Waals surface area contributed by atoms with Gasteiger partial charge in [-0.15, -0.1) is 11.8 Å². The molecule has 162 valence electrons. The van der Waals surface area contributed by atoms with Crippen LogP contribution in [0.5, 0.6) is 11.5 Å². The van der Waals surface area contributed by atoms with Gasteiger partial charge in [0.15, 0.2) is 11.5 Å². The Balaban J connectivity index is 1.54. The Bertz CT molecular complexity index is 1230. The number of methoxy groups -OCH3 is 2. The van der Waals surface area contributed by atoms with Crippen LogP contribution in [0, 0.1) is 0 Å². The number of benzene rings is 3. The van der Waals surface area contributed by atoms with Gasteiger partial charge >= 0.3 is 0 Å². The van der Waals surface area contributed by atoms with Gasteiger partial charge in [0.2, 0.25) is 5.91 Å². The van der Waals surface area contributed by atoms with Crippen LogP contribution in [0.15, 0.2) is 84.0 Å². The van der Waals surface area contributed by atoms with Crippen molar-refractivity contribution in [2.24, 2.45) is 0 Å². The first-order valence-corrected chi connectivity index (χ1v) is 11.2. The van der Waals surface area contributed by atoms with Crippen molar-refractivity contribution in [2.45, 2.75) is 11.4 Å². The van der Waals surface area contributed by atoms with Crippen molar-refractivity contribution in [1.82, 2.24) is 10.3 Å². The molecule has 4 rings (SSSR count). The molecule has 6 heteroatoms. The molecule has 5 nitrogen and oxygen atoms in total. The molecule has 1 aromatic heterocycles. The largest absolute Gasteiger partial charge is 0.493 e. The van der Waals surface area contributed by atoms with E-state index in [4.69, 9.17) is 9.47 Å². The number of pyridine rings is 1. The summed E-state index contributed by atoms with van der Waals surface area (Å²) in [6.07, 6.45) is 3.63. The van der Waals surface area contributed by atoms with E-state index in [-0.39, 0.29) is 5.91 Å². The van der Waals surface area contributed by atoms with E-state index in [2.05, 4.69) is 16.4 Å². The van der Waals surface area contributed by atoms with Crippen LogP contribution in [0.25, 0.3) is 21.9 Å². The third-order valence-corrected chi connectivity index (χ3v) is 6.20. The summed E-state index contributed by atoms with van der Waals surface area (Å²) < 4.78 is 10.8. The zero-order valence-corrected chi connectivity index (χ0v) is 18.8. The first-order valence-electron chi connectivity index (χ1n) is 10.2. The lowest BCUT2D eigenvalue weighted by atomic mass is 9.96. The highest BCUT2D eigenvalue weighted by Gasteiger charge is 2.12. The van der Waals surface area contributed by atoms with Gasteiger partial charge in [0.05, 0.1) is 20.0 Å². The number of hydrogen-bond acceptors (Lipinski definition) is 5. The Kier molecular flexibility index (Phi) is 6.92. The lowest BCUT2D eigenvalue weighted by Crippen LogP contribution is -2.24. The third kappa shape index (κ3) is 4.86. The number of rotatable bonds is 8. The monoisotopic (exact) mass is 444 g/mol. The summed E-state index contributed by atoms with van der Waals surface area (Å²) in [6.45, 7) is 0.447. The fraction of sp³-hybridized carbons (Fsp3) is 0.154. The summed E-state index contributed by atoms with van der Waals surface area (Å²) >= 11 is 1.53. The predicted octanol–water partition coefficient (Wildman–Crippen LogP) is 5.33. The van der Waals surface area contributed by atoms with Crippen LogP contribution in [0.1, 0.15) is 5.56 Å². The number of ether oxygens (including phenoxy) is 2. The number of amides is 1. The van der Waals surface area contributed by atoms with E-state index in [9.17, 15) is 4.79 Å². The molecule has 0 radical (unpaired) electrons. The number of aromatic nitrogens is 1. The minimum atomic E-state index is -0.000129. The highest BCUT2D eigenvalue weighted by atomic mass is 32.2. The summed E-state index contributed by atoms with van der Waals surface area (Å²) in [7, 11) is 3.26. The SMILES string of the molecule is COc1ccc(-c2ccc(CNC(=O)CSc3ccccc3)c3cnccc23)cc1OC. The lowest BCUT2D eigenvalue weighted by molar-refractivity contribution is -0.118. The molecule has 0 saturated heterocycles. The lowest BCUT2D eigenvalue weighted by Gasteiger charge is -2.14. The fourth-order valence-corrected chi connectivity index (χ4v) is 4.32. The average molecular weight is 445 g/mol. The first-order chi connectivity index (χ1) is 15.7. The highest BCUT2D eigenvalue weighted by molar-refractivity contribution is 8.00. The molecule has 1 N–H and O–H groups in total. The smallest absolute Gasteiger partial charge is 0.230 e. The van der Waals surface area contributed by atoms with Gasteiger partial charge in [-0.2, -0.15) is 0 Å². The number of nitrogens with zero attached hydrogens (tertiary/aromatic N) is 1. The molecule has 1 amide bonds. The van der Waals surface area contributed by atoms with E-state index >= 15 is 0 Å². The fourth-order valence-electron chi connectivity index (χ4n) is 3.57. The second-order valence-corrected chi connectivity index (χ2v) is 8.19. The van der Waals surface area contributed by atoms with Crippen molar-refractivity contribution in [3.05, 3.63) is 84.7 Å². The third-order valence-electron chi connectivity index (χ3n) is 5.19. The van der Waals surface area contributed by atoms with E-state index in [0.717, 1.165) is 32.4 Å². The highest BCUT2D eigenvalue weighted by Crippen LogP contribution is 2.36. The number of nitrogens with one attached hydrogen (secondary N) is 1. The maximum absolute atomic E-state index is 12.4. The topological polar surface area (TPSA) is 60.5 Å². The molecule has 4 aromatic rings. The summed E-state index contributed by atoms with van der Waals surface area (Å²) in [5, 5.41) is 5.11. The summed E-state index contributed by atoms with van der Waals surface area (Å²) in [5.74, 6) is 1.75. The van der Waals surface area contributed by atoms with Gasteiger partial charge in [-0.3, -0.25) is 9.78 Å². The molecule has 0 saturated carbocycles. The van der Waals surface area contributed by atoms with Crippen LogP contribution in [0.2, 0.25) is 0 Å². The van der Waals surface area contributed by atoms with Crippen molar-refractivity contribution >= 4 is 28.4 Å². The van der Waals surface area contributed by atoms with Crippen molar-refractivity contribution in [3.8, 4) is 22.6 Å². The Morgan fingerprint density at radius 2 is 1.75 bits per heavy atom. The van der Waals surface area contributed by atoms with Crippen LogP contribution in [-0.4, -0.2) is 30.9 Å². The Hall–Kier alpha value is -3.51. The van der Waals surface area contributed by atoms with Gasteiger partial charge in [0, 0.05) is 29.2 Å². The molecule has 0 aliphatic heterocycles. The Labute approximate surface area is 191 Å². The Morgan fingerprint density at radius 3 is 2.53 bits per heavy atom. The molecule has 0 fully saturated rings. The van der Waals surface area contributed by atoms with Gasteiger partial charge in [-0.25, -0.2) is 0 Å². The van der Waals surface area contributed by atoms with Gasteiger partial charge in [0.1, 0.15) is 0 Å². The van der Waals surface area contributed by atoms with Crippen LogP contribution >= 0.6 is 11.8 Å². The van der Waals surface area contributed by atoms with Gasteiger partial charge < -0.3 is 14.8 Å². The summed E-state index contributed by atoms with van der Waals surface area (Å²) in [4.78, 5) is 17.8. The van der Waals surface area contributed by atoms with Crippen molar-refractivity contribution in [2.75, 3.05) is 20.0 Å². The number of carbonyl (C=O) groups excluding carboxylic acids is 1. The molecular weight excluding hydrogens is 420 g/mol. The van der Waals surface area contributed by atoms with Crippen LogP contribution in [0.3, 0.4) is 0 Å². The van der Waals surface area contributed by atoms with E-state index in [1.54, 1.807) is 20.4 Å². The number of carbonyl (C=O) groups is 1. The minimum absolute atomic E-state index is 0.000129. The van der Waals surface area contributed by atoms with Crippen molar-refractivity contribution in [1.29, 1.82) is 0 Å². The van der Waals surface area contributed by atoms with E-state index < -0.39 is 0 Å². The number of hydrogen-bond donors (Lipinski definition) is 1. The van der Waals surface area contributed by atoms with Crippen molar-refractivity contribution < 1.29 is 14.3 Å². The molecule has 0 atom stereocenters. The molecule has 0 aliphatic rings. The molecule has 0 spiro atoms. The molecule has 3 aromatic carbocycles. The van der Waals surface area contributed by atoms with Crippen molar-refractivity contribution in [3.63, 3.8) is 0 Å². The standard InChI is InChI=1S/C26H24N2O3S/c1-30-24-11-9-18(14-25(24)31-2)21-10-8-19(23-16-27-13-12-22(21)23)15-28-26(29)17-32-20-6-4-3-5-7-20/h3-14,16H,15,17H2,1-2H3,(H,28,29). The van der Waals surface area contributed by atoms with E-state index in [1.807, 2.05) is 66.9 Å². The molecule has 0 aliphatic carbocycles. The second-order valence-electron chi connectivity index (χ2n) is 7.14. The Morgan fingerprint density at radius 1 is 0.938 bits per heavy atom. The van der Waals surface area contributed by atoms with Gasteiger partial charge in [-0.1, -0.05) is 36.4 Å². The quantitative estimate of drug-likeness (QED) is 0.372. The predicted molar refractivity (Wildman–Crippen MR) is 129 cm³/mol. The van der Waals surface area contributed by atoms with Crippen LogP contribution < -0.4 is 14.8 Å². The molecule has 0 unspecified atom stereocenters. The minimum Gasteiger partial charge on any atom is -0.493 e. The zero-order valence-electron chi connectivity index (χ0n) is 18.0. The normalized spacial score (nSPS) is 10.7. The summed E-state index contributed by atoms with van der Waals surface area (Å²) in [5.41, 5.74) is 3.11. The van der Waals surface area contributed by atoms with E-state index in [1.165, 1.54) is 11.8 Å². The molecule has 1 heterocycles. The zero-order chi connectivity index (χ0) is 22.3. The van der Waals surface area contributed by atoms with Gasteiger partial charge in [0.25, 0.3) is 0 Å². The number of fused-ring (bicyclic) bond motifs is 1. The summed E-state index contributed by atoms with van der Waals surface area (Å²) in [6, 6.07) is 21.9.